The van der Waals surface area contributed by atoms with E-state index in [-0.39, 0.29) is 26.9 Å². The van der Waals surface area contributed by atoms with E-state index in [0.717, 1.165) is 5.56 Å². The minimum absolute atomic E-state index is 0.0606. The van der Waals surface area contributed by atoms with Crippen LogP contribution in [-0.2, 0) is 31.3 Å². The molecule has 180 valence electrons. The van der Waals surface area contributed by atoms with Crippen LogP contribution in [0.2, 0.25) is 5.02 Å². The number of nitrogens with one attached hydrogen (secondary N) is 2. The second-order valence-electron chi connectivity index (χ2n) is 7.22. The van der Waals surface area contributed by atoms with Crippen molar-refractivity contribution in [3.63, 3.8) is 0 Å². The largest absolute Gasteiger partial charge is 0.495 e. The molecule has 3 rings (SSSR count). The first-order valence-electron chi connectivity index (χ1n) is 9.83. The molecule has 3 aromatic carbocycles. The van der Waals surface area contributed by atoms with Crippen LogP contribution in [0.1, 0.15) is 5.56 Å². The third kappa shape index (κ3) is 6.55. The molecule has 9 nitrogen and oxygen atoms in total. The van der Waals surface area contributed by atoms with Crippen molar-refractivity contribution in [3.05, 3.63) is 83.4 Å². The number of amides is 1. The summed E-state index contributed by atoms with van der Waals surface area (Å²) < 4.78 is 56.4. The molecular formula is C22H22ClN3O6S2. The lowest BCUT2D eigenvalue weighted by molar-refractivity contribution is -0.117. The molecule has 0 aliphatic carbocycles. The number of hydrogen-bond donors (Lipinski definition) is 3. The molecule has 0 heterocycles. The van der Waals surface area contributed by atoms with Gasteiger partial charge in [0, 0.05) is 5.69 Å². The van der Waals surface area contributed by atoms with Gasteiger partial charge >= 0.3 is 0 Å². The summed E-state index contributed by atoms with van der Waals surface area (Å²) in [6.07, 6.45) is 0.0606. The van der Waals surface area contributed by atoms with Crippen LogP contribution in [0.25, 0.3) is 0 Å². The molecule has 0 bridgehead atoms. The number of carbonyl (C=O) groups is 1. The summed E-state index contributed by atoms with van der Waals surface area (Å²) in [6.45, 7) is 0. The molecule has 0 aromatic heterocycles. The first-order valence-corrected chi connectivity index (χ1v) is 13.2. The van der Waals surface area contributed by atoms with Gasteiger partial charge in [0.15, 0.2) is 0 Å². The molecule has 0 spiro atoms. The molecule has 34 heavy (non-hydrogen) atoms. The number of primary sulfonamides is 1. The zero-order valence-corrected chi connectivity index (χ0v) is 20.3. The van der Waals surface area contributed by atoms with E-state index in [4.69, 9.17) is 21.5 Å². The van der Waals surface area contributed by atoms with Crippen molar-refractivity contribution >= 4 is 43.2 Å². The maximum Gasteiger partial charge on any atom is 0.242 e. The highest BCUT2D eigenvalue weighted by molar-refractivity contribution is 7.89. The van der Waals surface area contributed by atoms with Crippen LogP contribution in [0.4, 0.5) is 5.69 Å². The van der Waals surface area contributed by atoms with Crippen LogP contribution in [0.5, 0.6) is 5.75 Å². The number of rotatable bonds is 9. The monoisotopic (exact) mass is 523 g/mol. The number of halogens is 1. The number of benzene rings is 3. The zero-order chi connectivity index (χ0) is 24.9. The molecule has 0 aliphatic rings. The quantitative estimate of drug-likeness (QED) is 0.393. The predicted molar refractivity (Wildman–Crippen MR) is 129 cm³/mol. The number of hydrogen-bond acceptors (Lipinski definition) is 6. The SMILES string of the molecule is COc1ccc(S(=O)(=O)N[C@@H](Cc2ccccc2)C(=O)Nc2ccc(S(N)(=O)=O)cc2)cc1Cl. The van der Waals surface area contributed by atoms with Crippen molar-refractivity contribution in [1.29, 1.82) is 0 Å². The molecule has 0 radical (unpaired) electrons. The average molecular weight is 524 g/mol. The highest BCUT2D eigenvalue weighted by Crippen LogP contribution is 2.27. The highest BCUT2D eigenvalue weighted by Gasteiger charge is 2.27. The number of nitrogens with two attached hydrogens (primary N) is 1. The summed E-state index contributed by atoms with van der Waals surface area (Å²) in [5.74, 6) is -0.336. The Bertz CT molecular complexity index is 1380. The molecule has 0 aliphatic heterocycles. The standard InChI is InChI=1S/C22H22ClN3O6S2/c1-32-21-12-11-18(14-19(21)23)34(30,31)26-20(13-15-5-3-2-4-6-15)22(27)25-16-7-9-17(10-8-16)33(24,28)29/h2-12,14,20,26H,13H2,1H3,(H,25,27)(H2,24,28,29)/t20-/m0/s1. The van der Waals surface area contributed by atoms with Crippen LogP contribution in [0, 0.1) is 0 Å². The summed E-state index contributed by atoms with van der Waals surface area (Å²) in [5, 5.41) is 7.78. The van der Waals surface area contributed by atoms with Crippen molar-refractivity contribution in [2.24, 2.45) is 5.14 Å². The minimum Gasteiger partial charge on any atom is -0.495 e. The molecule has 0 unspecified atom stereocenters. The molecule has 12 heteroatoms. The van der Waals surface area contributed by atoms with Gasteiger partial charge in [0.1, 0.15) is 11.8 Å². The van der Waals surface area contributed by atoms with E-state index in [2.05, 4.69) is 10.0 Å². The Morgan fingerprint density at radius 3 is 2.15 bits per heavy atom. The zero-order valence-electron chi connectivity index (χ0n) is 17.9. The Hall–Kier alpha value is -2.96. The van der Waals surface area contributed by atoms with Crippen molar-refractivity contribution in [2.75, 3.05) is 12.4 Å². The van der Waals surface area contributed by atoms with Crippen LogP contribution in [0.15, 0.2) is 82.6 Å². The first-order chi connectivity index (χ1) is 16.0. The lowest BCUT2D eigenvalue weighted by Gasteiger charge is -2.19. The van der Waals surface area contributed by atoms with Crippen molar-refractivity contribution in [1.82, 2.24) is 4.72 Å². The van der Waals surface area contributed by atoms with Gasteiger partial charge in [-0.15, -0.1) is 0 Å². The molecule has 3 aromatic rings. The number of sulfonamides is 2. The number of methoxy groups -OCH3 is 1. The third-order valence-electron chi connectivity index (χ3n) is 4.78. The van der Waals surface area contributed by atoms with E-state index in [9.17, 15) is 21.6 Å². The molecule has 0 saturated heterocycles. The van der Waals surface area contributed by atoms with Crippen LogP contribution < -0.4 is 19.9 Å². The smallest absolute Gasteiger partial charge is 0.242 e. The summed E-state index contributed by atoms with van der Waals surface area (Å²) in [6, 6.07) is 16.8. The molecule has 4 N–H and O–H groups in total. The van der Waals surface area contributed by atoms with Gasteiger partial charge in [-0.25, -0.2) is 22.0 Å². The van der Waals surface area contributed by atoms with E-state index in [1.165, 1.54) is 49.6 Å². The fourth-order valence-electron chi connectivity index (χ4n) is 3.06. The highest BCUT2D eigenvalue weighted by atomic mass is 35.5. The van der Waals surface area contributed by atoms with E-state index >= 15 is 0 Å². The fraction of sp³-hybridized carbons (Fsp3) is 0.136. The average Bonchev–Trinajstić information content (AvgIpc) is 2.79. The number of ether oxygens (including phenoxy) is 1. The summed E-state index contributed by atoms with van der Waals surface area (Å²) >= 11 is 6.07. The maximum absolute atomic E-state index is 13.0. The summed E-state index contributed by atoms with van der Waals surface area (Å²) in [4.78, 5) is 12.8. The van der Waals surface area contributed by atoms with Crippen LogP contribution in [-0.4, -0.2) is 35.9 Å². The van der Waals surface area contributed by atoms with Gasteiger partial charge in [0.2, 0.25) is 26.0 Å². The Morgan fingerprint density at radius 2 is 1.59 bits per heavy atom. The van der Waals surface area contributed by atoms with Crippen molar-refractivity contribution in [2.45, 2.75) is 22.3 Å². The topological polar surface area (TPSA) is 145 Å². The Balaban J connectivity index is 1.87. The number of carbonyl (C=O) groups excluding carboxylic acids is 1. The molecule has 0 saturated carbocycles. The van der Waals surface area contributed by atoms with E-state index < -0.39 is 32.0 Å². The van der Waals surface area contributed by atoms with Crippen molar-refractivity contribution in [3.8, 4) is 5.75 Å². The van der Waals surface area contributed by atoms with Crippen LogP contribution in [0.3, 0.4) is 0 Å². The van der Waals surface area contributed by atoms with Gasteiger partial charge < -0.3 is 10.1 Å². The first kappa shape index (κ1) is 25.7. The molecule has 1 atom stereocenters. The second kappa shape index (κ2) is 10.5. The Kier molecular flexibility index (Phi) is 7.95. The summed E-state index contributed by atoms with van der Waals surface area (Å²) in [5.41, 5.74) is 0.991. The normalized spacial score (nSPS) is 12.7. The van der Waals surface area contributed by atoms with Gasteiger partial charge in [-0.3, -0.25) is 4.79 Å². The van der Waals surface area contributed by atoms with Gasteiger partial charge in [0.25, 0.3) is 0 Å². The summed E-state index contributed by atoms with van der Waals surface area (Å²) in [7, 11) is -6.62. The van der Waals surface area contributed by atoms with Gasteiger partial charge in [-0.1, -0.05) is 41.9 Å². The number of anilines is 1. The Morgan fingerprint density at radius 1 is 0.971 bits per heavy atom. The van der Waals surface area contributed by atoms with Gasteiger partial charge in [-0.05, 0) is 54.4 Å². The third-order valence-corrected chi connectivity index (χ3v) is 7.47. The molecular weight excluding hydrogens is 502 g/mol. The minimum atomic E-state index is -4.14. The van der Waals surface area contributed by atoms with Crippen molar-refractivity contribution < 1.29 is 26.4 Å². The van der Waals surface area contributed by atoms with E-state index in [1.54, 1.807) is 30.3 Å². The maximum atomic E-state index is 13.0. The Labute approximate surface area is 203 Å². The fourth-order valence-corrected chi connectivity index (χ4v) is 5.12. The van der Waals surface area contributed by atoms with Gasteiger partial charge in [0.05, 0.1) is 21.9 Å². The molecule has 0 fully saturated rings. The lowest BCUT2D eigenvalue weighted by Crippen LogP contribution is -2.45. The lowest BCUT2D eigenvalue weighted by atomic mass is 10.1. The predicted octanol–water partition coefficient (Wildman–Crippen LogP) is 2.52. The molecule has 1 amide bonds. The van der Waals surface area contributed by atoms with E-state index in [0.29, 0.717) is 5.75 Å². The second-order valence-corrected chi connectivity index (χ2v) is 10.9. The van der Waals surface area contributed by atoms with E-state index in [1.807, 2.05) is 0 Å². The van der Waals surface area contributed by atoms with Crippen LogP contribution >= 0.6 is 11.6 Å². The van der Waals surface area contributed by atoms with Gasteiger partial charge in [-0.2, -0.15) is 4.72 Å².